The molecule has 0 atom stereocenters. The monoisotopic (exact) mass is 310 g/mol. The zero-order chi connectivity index (χ0) is 16.0. The van der Waals surface area contributed by atoms with Crippen LogP contribution in [0, 0.1) is 0 Å². The predicted octanol–water partition coefficient (Wildman–Crippen LogP) is 1.55. The van der Waals surface area contributed by atoms with Crippen molar-refractivity contribution >= 4 is 17.7 Å². The number of alkyl halides is 6. The lowest BCUT2D eigenvalue weighted by atomic mass is 10.2. The molecule has 11 heteroatoms. The second-order valence-electron chi connectivity index (χ2n) is 3.31. The summed E-state index contributed by atoms with van der Waals surface area (Å²) in [5.74, 6) is -5.78. The van der Waals surface area contributed by atoms with Crippen LogP contribution in [0.2, 0.25) is 0 Å². The van der Waals surface area contributed by atoms with Gasteiger partial charge in [0.2, 0.25) is 0 Å². The smallest absolute Gasteiger partial charge is 0.459 e. The minimum atomic E-state index is -5.19. The van der Waals surface area contributed by atoms with E-state index in [-0.39, 0.29) is 0 Å². The quantitative estimate of drug-likeness (QED) is 0.550. The highest BCUT2D eigenvalue weighted by molar-refractivity contribution is 5.80. The summed E-state index contributed by atoms with van der Waals surface area (Å²) in [5, 5.41) is 0. The summed E-state index contributed by atoms with van der Waals surface area (Å²) in [7, 11) is 0. The van der Waals surface area contributed by atoms with Gasteiger partial charge in [-0.15, -0.1) is 0 Å². The Morgan fingerprint density at radius 3 is 1.25 bits per heavy atom. The first-order valence-electron chi connectivity index (χ1n) is 4.94. The minimum absolute atomic E-state index is 0.634. The number of hydrogen-bond acceptors (Lipinski definition) is 5. The largest absolute Gasteiger partial charge is 0.490 e. The highest BCUT2D eigenvalue weighted by atomic mass is 19.4. The fraction of sp³-hybridized carbons (Fsp3) is 0.667. The van der Waals surface area contributed by atoms with Crippen molar-refractivity contribution in [2.75, 3.05) is 13.2 Å². The lowest BCUT2D eigenvalue weighted by molar-refractivity contribution is -0.200. The lowest BCUT2D eigenvalue weighted by Gasteiger charge is -2.08. The Balaban J connectivity index is 3.82. The molecule has 0 heterocycles. The lowest BCUT2D eigenvalue weighted by Crippen LogP contribution is -2.27. The molecule has 0 spiro atoms. The van der Waals surface area contributed by atoms with Crippen molar-refractivity contribution in [3.63, 3.8) is 0 Å². The number of rotatable bonds is 6. The van der Waals surface area contributed by atoms with Crippen LogP contribution in [0.3, 0.4) is 0 Å². The summed E-state index contributed by atoms with van der Waals surface area (Å²) in [5.41, 5.74) is 0. The molecule has 0 fully saturated rings. The van der Waals surface area contributed by atoms with Crippen LogP contribution in [0.1, 0.15) is 12.8 Å². The Labute approximate surface area is 107 Å². The number of Topliss-reactive ketones (excluding diaryl/α,β-unsaturated/α-hetero) is 1. The predicted molar refractivity (Wildman–Crippen MR) is 48.3 cm³/mol. The number of carbonyl (C=O) groups is 3. The zero-order valence-electron chi connectivity index (χ0n) is 9.64. The molecule has 0 saturated carbocycles. The summed E-state index contributed by atoms with van der Waals surface area (Å²) in [4.78, 5) is 31.4. The molecule has 0 N–H and O–H groups in total. The van der Waals surface area contributed by atoms with Gasteiger partial charge in [-0.2, -0.15) is 26.3 Å². The zero-order valence-corrected chi connectivity index (χ0v) is 9.64. The Hall–Kier alpha value is -1.81. The van der Waals surface area contributed by atoms with Crippen molar-refractivity contribution in [3.05, 3.63) is 0 Å². The first kappa shape index (κ1) is 18.2. The summed E-state index contributed by atoms with van der Waals surface area (Å²) in [6.07, 6.45) is -11.6. The third kappa shape index (κ3) is 7.59. The first-order valence-corrected chi connectivity index (χ1v) is 4.94. The summed E-state index contributed by atoms with van der Waals surface area (Å²) >= 11 is 0. The minimum Gasteiger partial charge on any atom is -0.459 e. The van der Waals surface area contributed by atoms with Gasteiger partial charge in [-0.3, -0.25) is 4.79 Å². The van der Waals surface area contributed by atoms with Gasteiger partial charge < -0.3 is 9.47 Å². The number of carbonyl (C=O) groups excluding carboxylic acids is 3. The Morgan fingerprint density at radius 1 is 0.700 bits per heavy atom. The maximum Gasteiger partial charge on any atom is 0.490 e. The molecule has 0 unspecified atom stereocenters. The van der Waals surface area contributed by atoms with Crippen molar-refractivity contribution in [1.82, 2.24) is 0 Å². The molecule has 0 aliphatic heterocycles. The molecule has 0 amide bonds. The maximum absolute atomic E-state index is 11.7. The molecule has 0 aliphatic rings. The van der Waals surface area contributed by atoms with Gasteiger partial charge in [-0.25, -0.2) is 9.59 Å². The molecular weight excluding hydrogens is 302 g/mol. The summed E-state index contributed by atoms with van der Waals surface area (Å²) in [6, 6.07) is 0. The normalized spacial score (nSPS) is 11.9. The molecular formula is C9H8F6O5. The van der Waals surface area contributed by atoms with E-state index >= 15 is 0 Å². The molecule has 116 valence electrons. The fourth-order valence-corrected chi connectivity index (χ4v) is 0.804. The van der Waals surface area contributed by atoms with E-state index in [0.29, 0.717) is 0 Å². The number of hydrogen-bond donors (Lipinski definition) is 0. The molecule has 20 heavy (non-hydrogen) atoms. The second kappa shape index (κ2) is 7.10. The van der Waals surface area contributed by atoms with Crippen LogP contribution in [0.15, 0.2) is 0 Å². The van der Waals surface area contributed by atoms with Crippen molar-refractivity contribution in [2.45, 2.75) is 25.2 Å². The topological polar surface area (TPSA) is 69.7 Å². The molecule has 0 bridgehead atoms. The first-order chi connectivity index (χ1) is 8.94. The van der Waals surface area contributed by atoms with E-state index in [2.05, 4.69) is 9.47 Å². The standard InChI is InChI=1S/C9H8F6O5/c10-8(11,12)6(17)19-3-1-5(16)2-4-20-7(18)9(13,14)15/h1-4H2. The van der Waals surface area contributed by atoms with E-state index in [0.717, 1.165) is 0 Å². The van der Waals surface area contributed by atoms with Crippen molar-refractivity contribution in [2.24, 2.45) is 0 Å². The van der Waals surface area contributed by atoms with Crippen LogP contribution in [-0.2, 0) is 23.9 Å². The maximum atomic E-state index is 11.7. The molecule has 0 radical (unpaired) electrons. The Kier molecular flexibility index (Phi) is 6.46. The Bertz CT molecular complexity index is 338. The van der Waals surface area contributed by atoms with Crippen LogP contribution in [0.4, 0.5) is 26.3 Å². The third-order valence-corrected chi connectivity index (χ3v) is 1.69. The molecule has 0 rings (SSSR count). The number of halogens is 6. The van der Waals surface area contributed by atoms with Gasteiger partial charge in [0, 0.05) is 12.8 Å². The molecule has 0 aromatic carbocycles. The summed E-state index contributed by atoms with van der Waals surface area (Å²) in [6.45, 7) is -1.74. The average molecular weight is 310 g/mol. The van der Waals surface area contributed by atoms with Gasteiger partial charge in [0.15, 0.2) is 0 Å². The molecule has 0 saturated heterocycles. The highest BCUT2D eigenvalue weighted by Gasteiger charge is 2.41. The van der Waals surface area contributed by atoms with E-state index in [1.54, 1.807) is 0 Å². The van der Waals surface area contributed by atoms with E-state index in [9.17, 15) is 40.7 Å². The number of esters is 2. The van der Waals surface area contributed by atoms with E-state index in [1.807, 2.05) is 0 Å². The summed E-state index contributed by atoms with van der Waals surface area (Å²) < 4.78 is 77.3. The number of ketones is 1. The fourth-order valence-electron chi connectivity index (χ4n) is 0.804. The van der Waals surface area contributed by atoms with Crippen LogP contribution >= 0.6 is 0 Å². The van der Waals surface area contributed by atoms with Gasteiger partial charge in [0.25, 0.3) is 0 Å². The third-order valence-electron chi connectivity index (χ3n) is 1.69. The van der Waals surface area contributed by atoms with Crippen molar-refractivity contribution < 1.29 is 50.2 Å². The average Bonchev–Trinajstić information content (AvgIpc) is 2.26. The van der Waals surface area contributed by atoms with Crippen molar-refractivity contribution in [1.29, 1.82) is 0 Å². The van der Waals surface area contributed by atoms with Crippen LogP contribution in [0.25, 0.3) is 0 Å². The van der Waals surface area contributed by atoms with Gasteiger partial charge in [0.05, 0.1) is 13.2 Å². The van der Waals surface area contributed by atoms with Crippen LogP contribution < -0.4 is 0 Å². The van der Waals surface area contributed by atoms with Crippen LogP contribution in [-0.4, -0.2) is 43.3 Å². The number of ether oxygens (including phenoxy) is 2. The van der Waals surface area contributed by atoms with E-state index < -0.39 is 56.1 Å². The van der Waals surface area contributed by atoms with Crippen molar-refractivity contribution in [3.8, 4) is 0 Å². The SMILES string of the molecule is O=C(CCOC(=O)C(F)(F)F)CCOC(=O)C(F)(F)F. The van der Waals surface area contributed by atoms with E-state index in [4.69, 9.17) is 0 Å². The molecule has 0 aromatic rings. The van der Waals surface area contributed by atoms with Gasteiger partial charge in [-0.1, -0.05) is 0 Å². The van der Waals surface area contributed by atoms with Gasteiger partial charge in [0.1, 0.15) is 5.78 Å². The van der Waals surface area contributed by atoms with Gasteiger partial charge >= 0.3 is 24.3 Å². The Morgan fingerprint density at radius 2 is 1.00 bits per heavy atom. The van der Waals surface area contributed by atoms with Crippen LogP contribution in [0.5, 0.6) is 0 Å². The van der Waals surface area contributed by atoms with E-state index in [1.165, 1.54) is 0 Å². The highest BCUT2D eigenvalue weighted by Crippen LogP contribution is 2.17. The second-order valence-corrected chi connectivity index (χ2v) is 3.31. The molecule has 5 nitrogen and oxygen atoms in total. The van der Waals surface area contributed by atoms with Gasteiger partial charge in [-0.05, 0) is 0 Å². The molecule has 0 aliphatic carbocycles. The molecule has 0 aromatic heterocycles.